The molecule has 0 aromatic rings. The molecule has 0 aliphatic carbocycles. The summed E-state index contributed by atoms with van der Waals surface area (Å²) in [7, 11) is 12.1. The third-order valence-corrected chi connectivity index (χ3v) is 3.08. The highest BCUT2D eigenvalue weighted by Crippen LogP contribution is 1.96. The van der Waals surface area contributed by atoms with E-state index in [2.05, 4.69) is 34.1 Å². The predicted molar refractivity (Wildman–Crippen MR) is 87.9 cm³/mol. The normalized spacial score (nSPS) is 12.6. The highest BCUT2D eigenvalue weighted by molar-refractivity contribution is 4.60. The van der Waals surface area contributed by atoms with Crippen LogP contribution in [0.15, 0.2) is 0 Å². The standard InChI is InChI=1S/C14H35FN6/c1-17(2)8-7-16-13-20(11-9-18(3)4)14-21(15)12-10-19(5)6/h16H,7-14H2,1-6H3. The molecule has 6 nitrogen and oxygen atoms in total. The molecular weight excluding hydrogens is 271 g/mol. The van der Waals surface area contributed by atoms with Crippen LogP contribution in [0, 0.1) is 0 Å². The Hall–Kier alpha value is -0.310. The van der Waals surface area contributed by atoms with Gasteiger partial charge in [0.15, 0.2) is 0 Å². The molecule has 1 N–H and O–H groups in total. The number of hydrogen-bond acceptors (Lipinski definition) is 6. The van der Waals surface area contributed by atoms with Crippen molar-refractivity contribution in [2.45, 2.75) is 0 Å². The molecule has 0 unspecified atom stereocenters. The molecule has 0 radical (unpaired) electrons. The Kier molecular flexibility index (Phi) is 12.1. The molecule has 0 bridgehead atoms. The lowest BCUT2D eigenvalue weighted by Crippen LogP contribution is -2.45. The largest absolute Gasteiger partial charge is 0.308 e. The summed E-state index contributed by atoms with van der Waals surface area (Å²) >= 11 is 0. The van der Waals surface area contributed by atoms with Crippen LogP contribution >= 0.6 is 0 Å². The highest BCUT2D eigenvalue weighted by Gasteiger charge is 2.11. The molecule has 0 aromatic carbocycles. The van der Waals surface area contributed by atoms with E-state index in [1.54, 1.807) is 0 Å². The summed E-state index contributed by atoms with van der Waals surface area (Å²) in [6, 6.07) is 0. The fourth-order valence-electron chi connectivity index (χ4n) is 1.68. The van der Waals surface area contributed by atoms with E-state index < -0.39 is 0 Å². The number of nitrogens with zero attached hydrogens (tertiary/aromatic N) is 5. The third kappa shape index (κ3) is 14.4. The van der Waals surface area contributed by atoms with E-state index in [0.29, 0.717) is 19.9 Å². The first-order valence-corrected chi connectivity index (χ1v) is 7.59. The van der Waals surface area contributed by atoms with Crippen LogP contribution in [0.2, 0.25) is 0 Å². The van der Waals surface area contributed by atoms with E-state index in [-0.39, 0.29) is 0 Å². The van der Waals surface area contributed by atoms with Gasteiger partial charge < -0.3 is 20.0 Å². The van der Waals surface area contributed by atoms with Gasteiger partial charge in [0.25, 0.3) is 0 Å². The van der Waals surface area contributed by atoms with E-state index in [1.165, 1.54) is 0 Å². The summed E-state index contributed by atoms with van der Waals surface area (Å²) in [5.41, 5.74) is 0. The third-order valence-electron chi connectivity index (χ3n) is 3.08. The SMILES string of the molecule is CN(C)CCNCN(CCN(C)C)CN(F)CCN(C)C. The van der Waals surface area contributed by atoms with Crippen molar-refractivity contribution in [3.8, 4) is 0 Å². The van der Waals surface area contributed by atoms with Gasteiger partial charge in [0.1, 0.15) is 0 Å². The zero-order valence-corrected chi connectivity index (χ0v) is 14.8. The molecule has 0 aliphatic rings. The van der Waals surface area contributed by atoms with Crippen LogP contribution in [0.5, 0.6) is 0 Å². The molecule has 128 valence electrons. The Morgan fingerprint density at radius 2 is 1.24 bits per heavy atom. The van der Waals surface area contributed by atoms with E-state index in [1.807, 2.05) is 33.1 Å². The van der Waals surface area contributed by atoms with Crippen LogP contribution in [0.4, 0.5) is 4.48 Å². The van der Waals surface area contributed by atoms with Crippen molar-refractivity contribution in [3.63, 3.8) is 0 Å². The molecule has 0 saturated heterocycles. The Bertz CT molecular complexity index is 238. The van der Waals surface area contributed by atoms with Crippen molar-refractivity contribution in [2.24, 2.45) is 0 Å². The molecule has 0 heterocycles. The summed E-state index contributed by atoms with van der Waals surface area (Å²) < 4.78 is 13.9. The minimum Gasteiger partial charge on any atom is -0.308 e. The molecule has 0 spiro atoms. The topological polar surface area (TPSA) is 28.2 Å². The van der Waals surface area contributed by atoms with Crippen LogP contribution in [-0.4, -0.2) is 120 Å². The number of likely N-dealkylation sites (N-methyl/N-ethyl adjacent to an activating group) is 3. The first kappa shape index (κ1) is 20.7. The van der Waals surface area contributed by atoms with Crippen LogP contribution in [0.1, 0.15) is 0 Å². The van der Waals surface area contributed by atoms with Crippen LogP contribution in [-0.2, 0) is 0 Å². The first-order chi connectivity index (χ1) is 9.81. The quantitative estimate of drug-likeness (QED) is 0.284. The van der Waals surface area contributed by atoms with E-state index in [9.17, 15) is 4.48 Å². The zero-order valence-electron chi connectivity index (χ0n) is 14.8. The number of hydrogen-bond donors (Lipinski definition) is 1. The van der Waals surface area contributed by atoms with Gasteiger partial charge in [-0.05, 0) is 42.3 Å². The monoisotopic (exact) mass is 306 g/mol. The molecule has 0 fully saturated rings. The lowest BCUT2D eigenvalue weighted by atomic mass is 10.5. The van der Waals surface area contributed by atoms with Gasteiger partial charge in [-0.2, -0.15) is 0 Å². The van der Waals surface area contributed by atoms with Crippen LogP contribution in [0.25, 0.3) is 0 Å². The molecular formula is C14H35FN6. The molecule has 0 rings (SSSR count). The smallest absolute Gasteiger partial charge is 0.0818 e. The summed E-state index contributed by atoms with van der Waals surface area (Å²) in [6.07, 6.45) is 0. The summed E-state index contributed by atoms with van der Waals surface area (Å²) in [5.74, 6) is 0. The lowest BCUT2D eigenvalue weighted by Gasteiger charge is -2.27. The van der Waals surface area contributed by atoms with Crippen molar-refractivity contribution in [3.05, 3.63) is 0 Å². The Balaban J connectivity index is 4.05. The minimum absolute atomic E-state index is 0.344. The number of halogens is 1. The van der Waals surface area contributed by atoms with Gasteiger partial charge in [0.2, 0.25) is 0 Å². The molecule has 0 amide bonds. The van der Waals surface area contributed by atoms with Gasteiger partial charge in [0.05, 0.1) is 6.67 Å². The lowest BCUT2D eigenvalue weighted by molar-refractivity contribution is -0.0363. The van der Waals surface area contributed by atoms with Gasteiger partial charge in [-0.1, -0.05) is 0 Å². The van der Waals surface area contributed by atoms with Crippen molar-refractivity contribution in [1.29, 1.82) is 0 Å². The van der Waals surface area contributed by atoms with E-state index >= 15 is 0 Å². The second-order valence-corrected chi connectivity index (χ2v) is 6.29. The number of nitrogens with one attached hydrogen (secondary N) is 1. The summed E-state index contributed by atoms with van der Waals surface area (Å²) in [4.78, 5) is 8.35. The molecule has 0 atom stereocenters. The van der Waals surface area contributed by atoms with Crippen molar-refractivity contribution in [2.75, 3.05) is 94.9 Å². The maximum Gasteiger partial charge on any atom is 0.0818 e. The van der Waals surface area contributed by atoms with E-state index in [0.717, 1.165) is 37.8 Å². The second kappa shape index (κ2) is 12.3. The fourth-order valence-corrected chi connectivity index (χ4v) is 1.68. The molecule has 7 heteroatoms. The van der Waals surface area contributed by atoms with Crippen molar-refractivity contribution in [1.82, 2.24) is 30.0 Å². The Morgan fingerprint density at radius 1 is 0.714 bits per heavy atom. The van der Waals surface area contributed by atoms with Crippen LogP contribution < -0.4 is 5.32 Å². The average molecular weight is 306 g/mol. The zero-order chi connectivity index (χ0) is 16.3. The Labute approximate surface area is 130 Å². The van der Waals surface area contributed by atoms with Crippen LogP contribution in [0.3, 0.4) is 0 Å². The second-order valence-electron chi connectivity index (χ2n) is 6.29. The predicted octanol–water partition coefficient (Wildman–Crippen LogP) is -0.336. The summed E-state index contributed by atoms with van der Waals surface area (Å²) in [6.45, 7) is 5.90. The van der Waals surface area contributed by atoms with Crippen molar-refractivity contribution >= 4 is 0 Å². The molecule has 0 aliphatic heterocycles. The number of rotatable bonds is 13. The van der Waals surface area contributed by atoms with E-state index in [4.69, 9.17) is 0 Å². The first-order valence-electron chi connectivity index (χ1n) is 7.59. The summed E-state index contributed by atoms with van der Waals surface area (Å²) in [5, 5.41) is 4.26. The fraction of sp³-hybridized carbons (Fsp3) is 1.00. The maximum atomic E-state index is 13.9. The Morgan fingerprint density at radius 3 is 1.76 bits per heavy atom. The van der Waals surface area contributed by atoms with Gasteiger partial charge in [0, 0.05) is 45.9 Å². The van der Waals surface area contributed by atoms with Gasteiger partial charge in [-0.3, -0.25) is 4.90 Å². The van der Waals surface area contributed by atoms with Crippen molar-refractivity contribution < 1.29 is 4.48 Å². The van der Waals surface area contributed by atoms with Gasteiger partial charge in [-0.15, -0.1) is 9.60 Å². The highest BCUT2D eigenvalue weighted by atomic mass is 19.2. The molecule has 0 saturated carbocycles. The van der Waals surface area contributed by atoms with Gasteiger partial charge >= 0.3 is 0 Å². The minimum atomic E-state index is 0.344. The van der Waals surface area contributed by atoms with Gasteiger partial charge in [-0.25, -0.2) is 0 Å². The average Bonchev–Trinajstić information content (AvgIpc) is 2.37. The molecule has 0 aromatic heterocycles. The molecule has 21 heavy (non-hydrogen) atoms. The maximum absolute atomic E-state index is 13.9.